The smallest absolute Gasteiger partial charge is 0.277 e. The number of nitrogens with zero attached hydrogens (tertiary/aromatic N) is 1. The van der Waals surface area contributed by atoms with Crippen LogP contribution >= 0.6 is 11.8 Å². The Morgan fingerprint density at radius 2 is 1.84 bits per heavy atom. The van der Waals surface area contributed by atoms with Crippen molar-refractivity contribution in [1.29, 1.82) is 0 Å². The van der Waals surface area contributed by atoms with Crippen molar-refractivity contribution in [3.63, 3.8) is 0 Å². The van der Waals surface area contributed by atoms with Crippen molar-refractivity contribution in [2.75, 3.05) is 12.9 Å². The molecule has 0 fully saturated rings. The van der Waals surface area contributed by atoms with Gasteiger partial charge in [0.15, 0.2) is 6.61 Å². The fraction of sp³-hybridized carbons (Fsp3) is 0.100. The number of benzene rings is 3. The van der Waals surface area contributed by atoms with E-state index in [4.69, 9.17) is 4.74 Å². The minimum atomic E-state index is -0.301. The first-order chi connectivity index (χ1) is 12.2. The average Bonchev–Trinajstić information content (AvgIpc) is 2.67. The number of fused-ring (bicyclic) bond motifs is 1. The van der Waals surface area contributed by atoms with E-state index in [2.05, 4.69) is 10.5 Å². The zero-order valence-corrected chi connectivity index (χ0v) is 14.6. The summed E-state index contributed by atoms with van der Waals surface area (Å²) in [5.41, 5.74) is 3.39. The summed E-state index contributed by atoms with van der Waals surface area (Å²) in [5.74, 6) is 0.357. The van der Waals surface area contributed by atoms with Crippen LogP contribution in [-0.2, 0) is 4.79 Å². The molecule has 0 heterocycles. The minimum absolute atomic E-state index is 0.0822. The van der Waals surface area contributed by atoms with Crippen molar-refractivity contribution in [3.8, 4) is 5.75 Å². The van der Waals surface area contributed by atoms with Crippen LogP contribution in [0.3, 0.4) is 0 Å². The average molecular weight is 350 g/mol. The molecule has 0 unspecified atom stereocenters. The SMILES string of the molecule is CSc1ccc(/C=N/NC(=O)COc2ccc3ccccc3c2)cc1. The Morgan fingerprint density at radius 1 is 1.08 bits per heavy atom. The maximum absolute atomic E-state index is 11.8. The molecule has 5 heteroatoms. The number of rotatable bonds is 6. The molecular formula is C20H18N2O2S. The van der Waals surface area contributed by atoms with Crippen LogP contribution in [0.5, 0.6) is 5.75 Å². The predicted molar refractivity (Wildman–Crippen MR) is 103 cm³/mol. The highest BCUT2D eigenvalue weighted by Gasteiger charge is 2.02. The van der Waals surface area contributed by atoms with Crippen molar-refractivity contribution in [2.45, 2.75) is 4.90 Å². The second-order valence-corrected chi connectivity index (χ2v) is 6.24. The monoisotopic (exact) mass is 350 g/mol. The lowest BCUT2D eigenvalue weighted by molar-refractivity contribution is -0.123. The van der Waals surface area contributed by atoms with Crippen molar-refractivity contribution in [3.05, 3.63) is 72.3 Å². The molecule has 0 spiro atoms. The molecular weight excluding hydrogens is 332 g/mol. The van der Waals surface area contributed by atoms with Gasteiger partial charge in [-0.1, -0.05) is 42.5 Å². The molecule has 0 aliphatic heterocycles. The van der Waals surface area contributed by atoms with Gasteiger partial charge in [0.25, 0.3) is 5.91 Å². The molecule has 3 aromatic carbocycles. The Labute approximate surface area is 150 Å². The van der Waals surface area contributed by atoms with Gasteiger partial charge in [-0.25, -0.2) is 5.43 Å². The Hall–Kier alpha value is -2.79. The number of hydrazone groups is 1. The van der Waals surface area contributed by atoms with E-state index in [1.54, 1.807) is 18.0 Å². The van der Waals surface area contributed by atoms with E-state index in [0.29, 0.717) is 5.75 Å². The zero-order chi connectivity index (χ0) is 17.5. The Morgan fingerprint density at radius 3 is 2.60 bits per heavy atom. The van der Waals surface area contributed by atoms with Crippen molar-refractivity contribution < 1.29 is 9.53 Å². The number of thioether (sulfide) groups is 1. The van der Waals surface area contributed by atoms with Gasteiger partial charge in [0, 0.05) is 4.90 Å². The van der Waals surface area contributed by atoms with Crippen LogP contribution in [0.2, 0.25) is 0 Å². The van der Waals surface area contributed by atoms with E-state index < -0.39 is 0 Å². The quantitative estimate of drug-likeness (QED) is 0.414. The van der Waals surface area contributed by atoms with Gasteiger partial charge >= 0.3 is 0 Å². The molecule has 25 heavy (non-hydrogen) atoms. The summed E-state index contributed by atoms with van der Waals surface area (Å²) in [7, 11) is 0. The molecule has 0 aliphatic rings. The Balaban J connectivity index is 1.50. The van der Waals surface area contributed by atoms with Gasteiger partial charge in [-0.15, -0.1) is 11.8 Å². The van der Waals surface area contributed by atoms with Crippen molar-refractivity contribution in [1.82, 2.24) is 5.43 Å². The predicted octanol–water partition coefficient (Wildman–Crippen LogP) is 4.09. The summed E-state index contributed by atoms with van der Waals surface area (Å²) >= 11 is 1.68. The standard InChI is InChI=1S/C20H18N2O2S/c1-25-19-10-6-15(7-11-19)13-21-22-20(23)14-24-18-9-8-16-4-2-3-5-17(16)12-18/h2-13H,14H2,1H3,(H,22,23)/b21-13+. The van der Waals surface area contributed by atoms with Crippen LogP contribution in [-0.4, -0.2) is 25.0 Å². The number of amides is 1. The molecule has 126 valence electrons. The largest absolute Gasteiger partial charge is 0.484 e. The highest BCUT2D eigenvalue weighted by molar-refractivity contribution is 7.98. The van der Waals surface area contributed by atoms with Crippen LogP contribution in [0.25, 0.3) is 10.8 Å². The number of carbonyl (C=O) groups excluding carboxylic acids is 1. The second kappa shape index (κ2) is 8.35. The maximum atomic E-state index is 11.8. The highest BCUT2D eigenvalue weighted by atomic mass is 32.2. The topological polar surface area (TPSA) is 50.7 Å². The van der Waals surface area contributed by atoms with Crippen molar-refractivity contribution >= 4 is 34.7 Å². The third-order valence-corrected chi connectivity index (χ3v) is 4.35. The molecule has 0 aliphatic carbocycles. The van der Waals surface area contributed by atoms with Crippen LogP contribution < -0.4 is 10.2 Å². The Kier molecular flexibility index (Phi) is 5.69. The fourth-order valence-corrected chi connectivity index (χ4v) is 2.72. The summed E-state index contributed by atoms with van der Waals surface area (Å²) in [6.07, 6.45) is 3.64. The number of ether oxygens (including phenoxy) is 1. The highest BCUT2D eigenvalue weighted by Crippen LogP contribution is 2.20. The first kappa shape index (κ1) is 17.0. The maximum Gasteiger partial charge on any atom is 0.277 e. The molecule has 0 aromatic heterocycles. The van der Waals surface area contributed by atoms with E-state index in [0.717, 1.165) is 16.3 Å². The zero-order valence-electron chi connectivity index (χ0n) is 13.8. The van der Waals surface area contributed by atoms with Gasteiger partial charge in [-0.05, 0) is 46.9 Å². The van der Waals surface area contributed by atoms with Gasteiger partial charge in [0.2, 0.25) is 0 Å². The molecule has 4 nitrogen and oxygen atoms in total. The lowest BCUT2D eigenvalue weighted by Crippen LogP contribution is -2.24. The number of carbonyl (C=O) groups is 1. The summed E-state index contributed by atoms with van der Waals surface area (Å²) in [5, 5.41) is 6.16. The van der Waals surface area contributed by atoms with Gasteiger partial charge in [0.05, 0.1) is 6.21 Å². The molecule has 0 radical (unpaired) electrons. The molecule has 0 saturated carbocycles. The molecule has 1 amide bonds. The molecule has 1 N–H and O–H groups in total. The first-order valence-corrected chi connectivity index (χ1v) is 9.04. The van der Waals surface area contributed by atoms with Crippen LogP contribution in [0.4, 0.5) is 0 Å². The molecule has 3 rings (SSSR count). The number of hydrogen-bond acceptors (Lipinski definition) is 4. The van der Waals surface area contributed by atoms with Gasteiger partial charge < -0.3 is 4.74 Å². The first-order valence-electron chi connectivity index (χ1n) is 7.82. The van der Waals surface area contributed by atoms with E-state index in [9.17, 15) is 4.79 Å². The summed E-state index contributed by atoms with van der Waals surface area (Å²) in [6, 6.07) is 21.7. The summed E-state index contributed by atoms with van der Waals surface area (Å²) in [6.45, 7) is -0.0822. The fourth-order valence-electron chi connectivity index (χ4n) is 2.31. The molecule has 3 aromatic rings. The lowest BCUT2D eigenvalue weighted by atomic mass is 10.1. The van der Waals surface area contributed by atoms with Crippen LogP contribution in [0.1, 0.15) is 5.56 Å². The minimum Gasteiger partial charge on any atom is -0.484 e. The van der Waals surface area contributed by atoms with Crippen LogP contribution in [0, 0.1) is 0 Å². The number of nitrogens with one attached hydrogen (secondary N) is 1. The summed E-state index contributed by atoms with van der Waals surface area (Å²) < 4.78 is 5.52. The second-order valence-electron chi connectivity index (χ2n) is 5.36. The lowest BCUT2D eigenvalue weighted by Gasteiger charge is -2.06. The van der Waals surface area contributed by atoms with Gasteiger partial charge in [-0.2, -0.15) is 5.10 Å². The normalized spacial score (nSPS) is 10.9. The van der Waals surface area contributed by atoms with E-state index in [-0.39, 0.29) is 12.5 Å². The van der Waals surface area contributed by atoms with Crippen molar-refractivity contribution in [2.24, 2.45) is 5.10 Å². The van der Waals surface area contributed by atoms with E-state index >= 15 is 0 Å². The Bertz CT molecular complexity index is 892. The van der Waals surface area contributed by atoms with Gasteiger partial charge in [-0.3, -0.25) is 4.79 Å². The van der Waals surface area contributed by atoms with Crippen LogP contribution in [0.15, 0.2) is 76.7 Å². The number of hydrogen-bond donors (Lipinski definition) is 1. The van der Waals surface area contributed by atoms with Gasteiger partial charge in [0.1, 0.15) is 5.75 Å². The molecule has 0 atom stereocenters. The third-order valence-electron chi connectivity index (χ3n) is 3.61. The van der Waals surface area contributed by atoms with E-state index in [1.807, 2.05) is 73.0 Å². The third kappa shape index (κ3) is 4.84. The summed E-state index contributed by atoms with van der Waals surface area (Å²) in [4.78, 5) is 13.0. The molecule has 0 saturated heterocycles. The molecule has 0 bridgehead atoms. The van der Waals surface area contributed by atoms with E-state index in [1.165, 1.54) is 4.90 Å².